The van der Waals surface area contributed by atoms with Gasteiger partial charge in [0.05, 0.1) is 0 Å². The first kappa shape index (κ1) is 11.4. The van der Waals surface area contributed by atoms with Gasteiger partial charge in [0.2, 0.25) is 0 Å². The van der Waals surface area contributed by atoms with Crippen molar-refractivity contribution in [3.8, 4) is 0 Å². The van der Waals surface area contributed by atoms with E-state index in [-0.39, 0.29) is 5.78 Å². The summed E-state index contributed by atoms with van der Waals surface area (Å²) in [7, 11) is 0. The number of hydrogen-bond donors (Lipinski definition) is 0. The molecule has 1 nitrogen and oxygen atoms in total. The predicted octanol–water partition coefficient (Wildman–Crippen LogP) is 3.35. The van der Waals surface area contributed by atoms with Gasteiger partial charge in [0.1, 0.15) is 0 Å². The number of carbonyl (C=O) groups is 1. The minimum atomic E-state index is 0.232. The van der Waals surface area contributed by atoms with Crippen molar-refractivity contribution >= 4 is 5.78 Å². The van der Waals surface area contributed by atoms with Crippen LogP contribution in [0.3, 0.4) is 0 Å². The van der Waals surface area contributed by atoms with Crippen LogP contribution >= 0.6 is 0 Å². The molecular formula is C11H20O. The van der Waals surface area contributed by atoms with Gasteiger partial charge in [0.15, 0.2) is 5.78 Å². The standard InChI is InChI=1S/C11H20O/c1-8(2)6-7-11(9(3)4)10(5)12/h8H,6-7H2,1-5H3. The van der Waals surface area contributed by atoms with Crippen LogP contribution < -0.4 is 0 Å². The van der Waals surface area contributed by atoms with Crippen LogP contribution in [-0.4, -0.2) is 5.78 Å². The summed E-state index contributed by atoms with van der Waals surface area (Å²) >= 11 is 0. The van der Waals surface area contributed by atoms with Gasteiger partial charge in [-0.2, -0.15) is 0 Å². The molecule has 0 atom stereocenters. The fourth-order valence-electron chi connectivity index (χ4n) is 1.21. The molecule has 0 aliphatic rings. The van der Waals surface area contributed by atoms with Crippen molar-refractivity contribution in [1.29, 1.82) is 0 Å². The molecule has 0 heterocycles. The highest BCUT2D eigenvalue weighted by Crippen LogP contribution is 2.15. The van der Waals surface area contributed by atoms with E-state index >= 15 is 0 Å². The molecule has 0 saturated heterocycles. The second-order valence-electron chi connectivity index (χ2n) is 3.97. The van der Waals surface area contributed by atoms with E-state index in [0.29, 0.717) is 5.92 Å². The van der Waals surface area contributed by atoms with Gasteiger partial charge in [0.25, 0.3) is 0 Å². The summed E-state index contributed by atoms with van der Waals surface area (Å²) in [5, 5.41) is 0. The van der Waals surface area contributed by atoms with Crippen molar-refractivity contribution in [2.24, 2.45) is 5.92 Å². The lowest BCUT2D eigenvalue weighted by atomic mass is 9.97. The molecule has 70 valence electrons. The van der Waals surface area contributed by atoms with E-state index in [1.165, 1.54) is 5.57 Å². The Morgan fingerprint density at radius 3 is 1.92 bits per heavy atom. The molecule has 0 radical (unpaired) electrons. The van der Waals surface area contributed by atoms with Gasteiger partial charge in [-0.3, -0.25) is 4.79 Å². The molecule has 0 amide bonds. The molecule has 0 aliphatic heterocycles. The molecule has 0 N–H and O–H groups in total. The Hall–Kier alpha value is -0.590. The van der Waals surface area contributed by atoms with Gasteiger partial charge in [-0.25, -0.2) is 0 Å². The molecule has 0 spiro atoms. The van der Waals surface area contributed by atoms with Crippen molar-refractivity contribution in [3.05, 3.63) is 11.1 Å². The van der Waals surface area contributed by atoms with Crippen LogP contribution in [0.5, 0.6) is 0 Å². The minimum absolute atomic E-state index is 0.232. The third-order valence-electron chi connectivity index (χ3n) is 2.00. The van der Waals surface area contributed by atoms with Crippen molar-refractivity contribution < 1.29 is 4.79 Å². The van der Waals surface area contributed by atoms with Gasteiger partial charge >= 0.3 is 0 Å². The van der Waals surface area contributed by atoms with Crippen molar-refractivity contribution in [2.75, 3.05) is 0 Å². The predicted molar refractivity (Wildman–Crippen MR) is 53.1 cm³/mol. The third kappa shape index (κ3) is 4.32. The van der Waals surface area contributed by atoms with Crippen LogP contribution in [-0.2, 0) is 4.79 Å². The number of carbonyl (C=O) groups excluding carboxylic acids is 1. The fraction of sp³-hybridized carbons (Fsp3) is 0.727. The maximum absolute atomic E-state index is 11.1. The number of Topliss-reactive ketones (excluding diaryl/α,β-unsaturated/α-hetero) is 1. The lowest BCUT2D eigenvalue weighted by Crippen LogP contribution is -2.01. The normalized spacial score (nSPS) is 10.2. The molecular weight excluding hydrogens is 148 g/mol. The van der Waals surface area contributed by atoms with E-state index in [4.69, 9.17) is 0 Å². The Labute approximate surface area is 75.9 Å². The Bertz CT molecular complexity index is 183. The number of rotatable bonds is 4. The van der Waals surface area contributed by atoms with E-state index in [2.05, 4.69) is 13.8 Å². The minimum Gasteiger partial charge on any atom is -0.295 e. The summed E-state index contributed by atoms with van der Waals surface area (Å²) < 4.78 is 0. The van der Waals surface area contributed by atoms with Crippen LogP contribution in [0.1, 0.15) is 47.5 Å². The van der Waals surface area contributed by atoms with Gasteiger partial charge < -0.3 is 0 Å². The van der Waals surface area contributed by atoms with Gasteiger partial charge in [0, 0.05) is 0 Å². The first-order valence-corrected chi connectivity index (χ1v) is 4.62. The summed E-state index contributed by atoms with van der Waals surface area (Å²) in [6.07, 6.45) is 2.05. The number of hydrogen-bond acceptors (Lipinski definition) is 1. The van der Waals surface area contributed by atoms with Gasteiger partial charge in [-0.15, -0.1) is 0 Å². The van der Waals surface area contributed by atoms with Crippen molar-refractivity contribution in [2.45, 2.75) is 47.5 Å². The molecule has 0 aliphatic carbocycles. The Morgan fingerprint density at radius 2 is 1.67 bits per heavy atom. The molecule has 0 rings (SSSR count). The smallest absolute Gasteiger partial charge is 0.155 e. The monoisotopic (exact) mass is 168 g/mol. The van der Waals surface area contributed by atoms with E-state index in [1.54, 1.807) is 6.92 Å². The first-order valence-electron chi connectivity index (χ1n) is 4.62. The van der Waals surface area contributed by atoms with E-state index < -0.39 is 0 Å². The Morgan fingerprint density at radius 1 is 1.17 bits per heavy atom. The summed E-state index contributed by atoms with van der Waals surface area (Å²) in [5.41, 5.74) is 2.19. The lowest BCUT2D eigenvalue weighted by molar-refractivity contribution is -0.113. The maximum atomic E-state index is 11.1. The van der Waals surface area contributed by atoms with Crippen LogP contribution in [0.15, 0.2) is 11.1 Å². The zero-order valence-corrected chi connectivity index (χ0v) is 8.90. The molecule has 0 aromatic heterocycles. The number of ketones is 1. The van der Waals surface area contributed by atoms with Crippen molar-refractivity contribution in [1.82, 2.24) is 0 Å². The summed E-state index contributed by atoms with van der Waals surface area (Å²) in [5.74, 6) is 0.911. The Balaban J connectivity index is 4.18. The molecule has 0 bridgehead atoms. The summed E-state index contributed by atoms with van der Waals surface area (Å²) in [4.78, 5) is 11.1. The maximum Gasteiger partial charge on any atom is 0.155 e. The average molecular weight is 168 g/mol. The lowest BCUT2D eigenvalue weighted by Gasteiger charge is -2.07. The van der Waals surface area contributed by atoms with E-state index in [1.807, 2.05) is 13.8 Å². The zero-order valence-electron chi connectivity index (χ0n) is 8.90. The summed E-state index contributed by atoms with van der Waals surface area (Å²) in [6, 6.07) is 0. The molecule has 0 fully saturated rings. The van der Waals surface area contributed by atoms with E-state index in [0.717, 1.165) is 18.4 Å². The van der Waals surface area contributed by atoms with Crippen LogP contribution in [0, 0.1) is 5.92 Å². The Kier molecular flexibility index (Phi) is 4.87. The fourth-order valence-corrected chi connectivity index (χ4v) is 1.21. The molecule has 1 heteroatoms. The average Bonchev–Trinajstić information content (AvgIpc) is 1.84. The topological polar surface area (TPSA) is 17.1 Å². The second-order valence-corrected chi connectivity index (χ2v) is 3.97. The van der Waals surface area contributed by atoms with Gasteiger partial charge in [-0.05, 0) is 45.1 Å². The molecule has 12 heavy (non-hydrogen) atoms. The molecule has 0 unspecified atom stereocenters. The zero-order chi connectivity index (χ0) is 9.72. The third-order valence-corrected chi connectivity index (χ3v) is 2.00. The SMILES string of the molecule is CC(=O)C(CCC(C)C)=C(C)C. The highest BCUT2D eigenvalue weighted by molar-refractivity contribution is 5.93. The molecule has 0 aromatic carbocycles. The summed E-state index contributed by atoms with van der Waals surface area (Å²) in [6.45, 7) is 10.0. The highest BCUT2D eigenvalue weighted by Gasteiger charge is 2.06. The quantitative estimate of drug-likeness (QED) is 0.588. The first-order chi connectivity index (χ1) is 5.45. The van der Waals surface area contributed by atoms with Crippen molar-refractivity contribution in [3.63, 3.8) is 0 Å². The second kappa shape index (κ2) is 5.13. The highest BCUT2D eigenvalue weighted by atomic mass is 16.1. The largest absolute Gasteiger partial charge is 0.295 e. The molecule has 0 saturated carbocycles. The molecule has 0 aromatic rings. The van der Waals surface area contributed by atoms with E-state index in [9.17, 15) is 4.79 Å². The van der Waals surface area contributed by atoms with Crippen LogP contribution in [0.25, 0.3) is 0 Å². The van der Waals surface area contributed by atoms with Crippen LogP contribution in [0.2, 0.25) is 0 Å². The number of allylic oxidation sites excluding steroid dienone is 2. The van der Waals surface area contributed by atoms with Gasteiger partial charge in [-0.1, -0.05) is 19.4 Å². The van der Waals surface area contributed by atoms with Crippen LogP contribution in [0.4, 0.5) is 0 Å².